The average Bonchev–Trinajstić information content (AvgIpc) is 3.02. The Hall–Kier alpha value is -2.34. The van der Waals surface area contributed by atoms with Crippen LogP contribution in [-0.4, -0.2) is 52.9 Å². The first-order valence-electron chi connectivity index (χ1n) is 7.90. The number of rotatable bonds is 2. The fourth-order valence-corrected chi connectivity index (χ4v) is 3.64. The molecular weight excluding hydrogens is 324 g/mol. The van der Waals surface area contributed by atoms with Crippen LogP contribution in [0.25, 0.3) is 0 Å². The number of hydrogen-bond donors (Lipinski definition) is 1. The van der Waals surface area contributed by atoms with E-state index in [0.29, 0.717) is 31.7 Å². The van der Waals surface area contributed by atoms with E-state index in [-0.39, 0.29) is 17.6 Å². The SMILES string of the molecule is Cc1ccc(O)c(C(=O)N2CCN(C(=O)c3ccc(C)s3)CC2)c1. The van der Waals surface area contributed by atoms with Gasteiger partial charge in [-0.25, -0.2) is 0 Å². The fourth-order valence-electron chi connectivity index (χ4n) is 2.81. The number of aromatic hydroxyl groups is 1. The predicted octanol–water partition coefficient (Wildman–Crippen LogP) is 2.67. The maximum Gasteiger partial charge on any atom is 0.264 e. The molecule has 0 aliphatic carbocycles. The van der Waals surface area contributed by atoms with Gasteiger partial charge in [-0.1, -0.05) is 11.6 Å². The summed E-state index contributed by atoms with van der Waals surface area (Å²) in [5.41, 5.74) is 1.25. The van der Waals surface area contributed by atoms with Gasteiger partial charge in [-0.15, -0.1) is 11.3 Å². The van der Waals surface area contributed by atoms with Gasteiger partial charge < -0.3 is 14.9 Å². The van der Waals surface area contributed by atoms with Crippen molar-refractivity contribution < 1.29 is 14.7 Å². The summed E-state index contributed by atoms with van der Waals surface area (Å²) in [7, 11) is 0. The van der Waals surface area contributed by atoms with Crippen molar-refractivity contribution in [2.45, 2.75) is 13.8 Å². The number of piperazine rings is 1. The summed E-state index contributed by atoms with van der Waals surface area (Å²) in [4.78, 5) is 30.4. The van der Waals surface area contributed by atoms with Crippen LogP contribution >= 0.6 is 11.3 Å². The van der Waals surface area contributed by atoms with Crippen LogP contribution in [0.2, 0.25) is 0 Å². The lowest BCUT2D eigenvalue weighted by Crippen LogP contribution is -2.50. The molecule has 2 amide bonds. The molecule has 0 unspecified atom stereocenters. The number of carbonyl (C=O) groups excluding carboxylic acids is 2. The van der Waals surface area contributed by atoms with Gasteiger partial charge in [0, 0.05) is 31.1 Å². The largest absolute Gasteiger partial charge is 0.507 e. The summed E-state index contributed by atoms with van der Waals surface area (Å²) >= 11 is 1.49. The van der Waals surface area contributed by atoms with Crippen LogP contribution in [0.1, 0.15) is 30.5 Å². The molecule has 1 aromatic carbocycles. The average molecular weight is 344 g/mol. The molecule has 1 fully saturated rings. The lowest BCUT2D eigenvalue weighted by atomic mass is 10.1. The summed E-state index contributed by atoms with van der Waals surface area (Å²) in [6.45, 7) is 5.83. The van der Waals surface area contributed by atoms with Gasteiger partial charge in [0.25, 0.3) is 11.8 Å². The van der Waals surface area contributed by atoms with Crippen molar-refractivity contribution >= 4 is 23.2 Å². The number of phenolic OH excluding ortho intramolecular Hbond substituents is 1. The van der Waals surface area contributed by atoms with E-state index >= 15 is 0 Å². The Morgan fingerprint density at radius 3 is 2.17 bits per heavy atom. The van der Waals surface area contributed by atoms with E-state index < -0.39 is 0 Å². The number of thiophene rings is 1. The van der Waals surface area contributed by atoms with Crippen molar-refractivity contribution in [1.29, 1.82) is 0 Å². The van der Waals surface area contributed by atoms with Crippen LogP contribution in [0.3, 0.4) is 0 Å². The zero-order chi connectivity index (χ0) is 17.3. The minimum absolute atomic E-state index is 0.00170. The number of phenols is 1. The van der Waals surface area contributed by atoms with Gasteiger partial charge in [0.2, 0.25) is 0 Å². The van der Waals surface area contributed by atoms with Gasteiger partial charge in [0.15, 0.2) is 0 Å². The monoisotopic (exact) mass is 344 g/mol. The predicted molar refractivity (Wildman–Crippen MR) is 93.7 cm³/mol. The Labute approximate surface area is 145 Å². The molecule has 1 aromatic heterocycles. The summed E-state index contributed by atoms with van der Waals surface area (Å²) in [5.74, 6) is -0.160. The number of benzene rings is 1. The van der Waals surface area contributed by atoms with Gasteiger partial charge in [-0.2, -0.15) is 0 Å². The molecule has 0 bridgehead atoms. The first-order valence-corrected chi connectivity index (χ1v) is 8.72. The minimum Gasteiger partial charge on any atom is -0.507 e. The highest BCUT2D eigenvalue weighted by molar-refractivity contribution is 7.13. The van der Waals surface area contributed by atoms with Crippen LogP contribution in [0.15, 0.2) is 30.3 Å². The first kappa shape index (κ1) is 16.5. The maximum atomic E-state index is 12.6. The van der Waals surface area contributed by atoms with Crippen LogP contribution < -0.4 is 0 Å². The maximum absolute atomic E-state index is 12.6. The number of nitrogens with zero attached hydrogens (tertiary/aromatic N) is 2. The van der Waals surface area contributed by atoms with E-state index in [2.05, 4.69) is 0 Å². The zero-order valence-electron chi connectivity index (χ0n) is 13.8. The van der Waals surface area contributed by atoms with Gasteiger partial charge in [-0.05, 0) is 38.1 Å². The van der Waals surface area contributed by atoms with Crippen molar-refractivity contribution in [3.63, 3.8) is 0 Å². The second-order valence-electron chi connectivity index (χ2n) is 6.02. The molecule has 5 nitrogen and oxygen atoms in total. The molecule has 0 radical (unpaired) electrons. The molecule has 3 rings (SSSR count). The molecule has 1 aliphatic heterocycles. The topological polar surface area (TPSA) is 60.9 Å². The van der Waals surface area contributed by atoms with E-state index in [1.807, 2.05) is 26.0 Å². The number of hydrogen-bond acceptors (Lipinski definition) is 4. The van der Waals surface area contributed by atoms with Crippen LogP contribution in [0, 0.1) is 13.8 Å². The van der Waals surface area contributed by atoms with E-state index in [0.717, 1.165) is 15.3 Å². The molecule has 2 heterocycles. The highest BCUT2D eigenvalue weighted by atomic mass is 32.1. The van der Waals surface area contributed by atoms with Gasteiger partial charge in [0.05, 0.1) is 10.4 Å². The molecule has 6 heteroatoms. The zero-order valence-corrected chi connectivity index (χ0v) is 14.6. The van der Waals surface area contributed by atoms with Gasteiger partial charge in [0.1, 0.15) is 5.75 Å². The molecule has 1 aliphatic rings. The van der Waals surface area contributed by atoms with Gasteiger partial charge in [-0.3, -0.25) is 9.59 Å². The summed E-state index contributed by atoms with van der Waals surface area (Å²) in [6, 6.07) is 8.81. The van der Waals surface area contributed by atoms with E-state index in [1.165, 1.54) is 11.3 Å². The Morgan fingerprint density at radius 1 is 0.958 bits per heavy atom. The fraction of sp³-hybridized carbons (Fsp3) is 0.333. The van der Waals surface area contributed by atoms with E-state index in [4.69, 9.17) is 0 Å². The Balaban J connectivity index is 1.65. The molecule has 126 valence electrons. The number of aryl methyl sites for hydroxylation is 2. The highest BCUT2D eigenvalue weighted by Gasteiger charge is 2.27. The minimum atomic E-state index is -0.185. The molecule has 0 spiro atoms. The Morgan fingerprint density at radius 2 is 1.58 bits per heavy atom. The smallest absolute Gasteiger partial charge is 0.264 e. The van der Waals surface area contributed by atoms with Crippen molar-refractivity contribution in [2.75, 3.05) is 26.2 Å². The second-order valence-corrected chi connectivity index (χ2v) is 7.30. The van der Waals surface area contributed by atoms with Crippen LogP contribution in [-0.2, 0) is 0 Å². The third kappa shape index (κ3) is 3.28. The van der Waals surface area contributed by atoms with E-state index in [9.17, 15) is 14.7 Å². The molecular formula is C18H20N2O3S. The summed E-state index contributed by atoms with van der Waals surface area (Å²) in [5, 5.41) is 9.92. The highest BCUT2D eigenvalue weighted by Crippen LogP contribution is 2.22. The molecule has 0 saturated carbocycles. The second kappa shape index (κ2) is 6.65. The molecule has 2 aromatic rings. The third-order valence-corrected chi connectivity index (χ3v) is 5.18. The first-order chi connectivity index (χ1) is 11.5. The Kier molecular flexibility index (Phi) is 4.57. The molecule has 1 saturated heterocycles. The van der Waals surface area contributed by atoms with Crippen LogP contribution in [0.5, 0.6) is 5.75 Å². The molecule has 1 N–H and O–H groups in total. The summed E-state index contributed by atoms with van der Waals surface area (Å²) in [6.07, 6.45) is 0. The lowest BCUT2D eigenvalue weighted by molar-refractivity contribution is 0.0536. The number of carbonyl (C=O) groups is 2. The molecule has 24 heavy (non-hydrogen) atoms. The van der Waals surface area contributed by atoms with Crippen molar-refractivity contribution in [2.24, 2.45) is 0 Å². The standard InChI is InChI=1S/C18H20N2O3S/c1-12-3-5-15(21)14(11-12)17(22)19-7-9-20(10-8-19)18(23)16-6-4-13(2)24-16/h3-6,11,21H,7-10H2,1-2H3. The summed E-state index contributed by atoms with van der Waals surface area (Å²) < 4.78 is 0. The quantitative estimate of drug-likeness (QED) is 0.911. The van der Waals surface area contributed by atoms with Crippen molar-refractivity contribution in [3.05, 3.63) is 51.2 Å². The number of amides is 2. The van der Waals surface area contributed by atoms with Crippen LogP contribution in [0.4, 0.5) is 0 Å². The Bertz CT molecular complexity index is 776. The van der Waals surface area contributed by atoms with Gasteiger partial charge >= 0.3 is 0 Å². The molecule has 0 atom stereocenters. The van der Waals surface area contributed by atoms with Crippen molar-refractivity contribution in [1.82, 2.24) is 9.80 Å². The third-order valence-electron chi connectivity index (χ3n) is 4.19. The van der Waals surface area contributed by atoms with Crippen molar-refractivity contribution in [3.8, 4) is 5.75 Å². The normalized spacial score (nSPS) is 14.8. The van der Waals surface area contributed by atoms with E-state index in [1.54, 1.807) is 28.0 Å². The lowest BCUT2D eigenvalue weighted by Gasteiger charge is -2.34.